The summed E-state index contributed by atoms with van der Waals surface area (Å²) in [6, 6.07) is 2.24. The second-order valence-corrected chi connectivity index (χ2v) is 4.89. The van der Waals surface area contributed by atoms with E-state index in [-0.39, 0.29) is 12.4 Å². The van der Waals surface area contributed by atoms with E-state index in [9.17, 15) is 13.6 Å². The topological polar surface area (TPSA) is 35.5 Å². The molecule has 0 aliphatic heterocycles. The molecule has 0 N–H and O–H groups in total. The van der Waals surface area contributed by atoms with E-state index >= 15 is 0 Å². The van der Waals surface area contributed by atoms with Gasteiger partial charge in [-0.25, -0.2) is 8.78 Å². The van der Waals surface area contributed by atoms with Crippen LogP contribution in [0.3, 0.4) is 0 Å². The molecule has 0 amide bonds. The zero-order valence-electron chi connectivity index (χ0n) is 10.7. The summed E-state index contributed by atoms with van der Waals surface area (Å²) in [5, 5.41) is 0. The SMILES string of the molecule is CCOC(=O)CC[C@H](C)Oc1c(F)cc(Br)cc1F. The molecule has 0 saturated carbocycles. The number of hydrogen-bond donors (Lipinski definition) is 0. The number of rotatable bonds is 6. The standard InChI is InChI=1S/C13H15BrF2O3/c1-3-18-12(17)5-4-8(2)19-13-10(15)6-9(14)7-11(13)16/h6-8H,3-5H2,1-2H3/t8-/m0/s1. The summed E-state index contributed by atoms with van der Waals surface area (Å²) in [6.07, 6.45) is -0.0164. The van der Waals surface area contributed by atoms with Crippen molar-refractivity contribution in [3.8, 4) is 5.75 Å². The third kappa shape index (κ3) is 5.14. The fraction of sp³-hybridized carbons (Fsp3) is 0.462. The van der Waals surface area contributed by atoms with E-state index < -0.39 is 23.5 Å². The van der Waals surface area contributed by atoms with Crippen molar-refractivity contribution in [3.05, 3.63) is 28.2 Å². The summed E-state index contributed by atoms with van der Waals surface area (Å²) in [5.41, 5.74) is 0. The van der Waals surface area contributed by atoms with Crippen LogP contribution in [0.1, 0.15) is 26.7 Å². The van der Waals surface area contributed by atoms with Gasteiger partial charge in [0.1, 0.15) is 0 Å². The van der Waals surface area contributed by atoms with E-state index in [4.69, 9.17) is 9.47 Å². The summed E-state index contributed by atoms with van der Waals surface area (Å²) in [5.74, 6) is -2.35. The van der Waals surface area contributed by atoms with E-state index in [0.29, 0.717) is 17.5 Å². The summed E-state index contributed by atoms with van der Waals surface area (Å²) < 4.78 is 37.2. The Kier molecular flexibility index (Phi) is 6.21. The van der Waals surface area contributed by atoms with Crippen LogP contribution in [-0.2, 0) is 9.53 Å². The lowest BCUT2D eigenvalue weighted by atomic mass is 10.2. The molecule has 1 aromatic rings. The molecule has 0 unspecified atom stereocenters. The predicted molar refractivity (Wildman–Crippen MR) is 70.0 cm³/mol. The van der Waals surface area contributed by atoms with Gasteiger partial charge in [-0.15, -0.1) is 0 Å². The number of esters is 1. The highest BCUT2D eigenvalue weighted by molar-refractivity contribution is 9.10. The summed E-state index contributed by atoms with van der Waals surface area (Å²) >= 11 is 2.98. The van der Waals surface area contributed by atoms with Crippen molar-refractivity contribution in [3.63, 3.8) is 0 Å². The molecule has 3 nitrogen and oxygen atoms in total. The minimum atomic E-state index is -0.783. The van der Waals surface area contributed by atoms with Crippen LogP contribution < -0.4 is 4.74 Å². The molecule has 1 atom stereocenters. The Hall–Kier alpha value is -1.17. The van der Waals surface area contributed by atoms with Gasteiger partial charge in [-0.05, 0) is 32.4 Å². The van der Waals surface area contributed by atoms with Gasteiger partial charge in [-0.3, -0.25) is 4.79 Å². The Morgan fingerprint density at radius 3 is 2.47 bits per heavy atom. The van der Waals surface area contributed by atoms with Crippen LogP contribution in [0.25, 0.3) is 0 Å². The molecule has 0 bridgehead atoms. The summed E-state index contributed by atoms with van der Waals surface area (Å²) in [6.45, 7) is 3.66. The Bertz CT molecular complexity index is 429. The lowest BCUT2D eigenvalue weighted by molar-refractivity contribution is -0.143. The van der Waals surface area contributed by atoms with Gasteiger partial charge in [0.25, 0.3) is 0 Å². The highest BCUT2D eigenvalue weighted by Gasteiger charge is 2.16. The maximum atomic E-state index is 13.5. The van der Waals surface area contributed by atoms with E-state index in [1.807, 2.05) is 0 Å². The molecule has 0 aromatic heterocycles. The lowest BCUT2D eigenvalue weighted by Gasteiger charge is -2.15. The van der Waals surface area contributed by atoms with Crippen LogP contribution in [0.15, 0.2) is 16.6 Å². The Morgan fingerprint density at radius 2 is 1.95 bits per heavy atom. The minimum absolute atomic E-state index is 0.148. The maximum absolute atomic E-state index is 13.5. The van der Waals surface area contributed by atoms with Crippen molar-refractivity contribution in [1.82, 2.24) is 0 Å². The quantitative estimate of drug-likeness (QED) is 0.740. The molecular formula is C13H15BrF2O3. The van der Waals surface area contributed by atoms with E-state index in [1.165, 1.54) is 0 Å². The fourth-order valence-electron chi connectivity index (χ4n) is 1.46. The first-order valence-corrected chi connectivity index (χ1v) is 6.70. The van der Waals surface area contributed by atoms with Crippen molar-refractivity contribution < 1.29 is 23.0 Å². The molecular weight excluding hydrogens is 322 g/mol. The van der Waals surface area contributed by atoms with Gasteiger partial charge in [0.15, 0.2) is 17.4 Å². The third-order valence-corrected chi connectivity index (χ3v) is 2.80. The normalized spacial score (nSPS) is 12.1. The van der Waals surface area contributed by atoms with Crippen molar-refractivity contribution >= 4 is 21.9 Å². The van der Waals surface area contributed by atoms with E-state index in [1.54, 1.807) is 13.8 Å². The largest absolute Gasteiger partial charge is 0.485 e. The predicted octanol–water partition coefficient (Wildman–Crippen LogP) is 3.84. The zero-order valence-corrected chi connectivity index (χ0v) is 12.3. The monoisotopic (exact) mass is 336 g/mol. The molecule has 0 saturated heterocycles. The van der Waals surface area contributed by atoms with Crippen molar-refractivity contribution in [2.75, 3.05) is 6.61 Å². The molecule has 0 fully saturated rings. The van der Waals surface area contributed by atoms with Crippen molar-refractivity contribution in [1.29, 1.82) is 0 Å². The fourth-order valence-corrected chi connectivity index (χ4v) is 1.86. The van der Waals surface area contributed by atoms with Crippen LogP contribution in [0, 0.1) is 11.6 Å². The maximum Gasteiger partial charge on any atom is 0.305 e. The number of hydrogen-bond acceptors (Lipinski definition) is 3. The molecule has 0 heterocycles. The highest BCUT2D eigenvalue weighted by Crippen LogP contribution is 2.27. The van der Waals surface area contributed by atoms with Gasteiger partial charge < -0.3 is 9.47 Å². The molecule has 1 aromatic carbocycles. The molecule has 0 radical (unpaired) electrons. The molecule has 106 valence electrons. The van der Waals surface area contributed by atoms with Gasteiger partial charge in [0, 0.05) is 10.9 Å². The van der Waals surface area contributed by atoms with Crippen LogP contribution in [0.5, 0.6) is 5.75 Å². The first kappa shape index (κ1) is 15.9. The van der Waals surface area contributed by atoms with Gasteiger partial charge in [0.05, 0.1) is 12.7 Å². The number of benzene rings is 1. The van der Waals surface area contributed by atoms with Crippen LogP contribution in [-0.4, -0.2) is 18.7 Å². The van der Waals surface area contributed by atoms with Crippen LogP contribution >= 0.6 is 15.9 Å². The van der Waals surface area contributed by atoms with E-state index in [0.717, 1.165) is 12.1 Å². The lowest BCUT2D eigenvalue weighted by Crippen LogP contribution is -2.16. The molecule has 0 aliphatic carbocycles. The van der Waals surface area contributed by atoms with Gasteiger partial charge in [-0.1, -0.05) is 15.9 Å². The minimum Gasteiger partial charge on any atom is -0.485 e. The van der Waals surface area contributed by atoms with Crippen LogP contribution in [0.4, 0.5) is 8.78 Å². The number of carbonyl (C=O) groups is 1. The Labute approximate surface area is 119 Å². The molecule has 0 aliphatic rings. The van der Waals surface area contributed by atoms with Crippen molar-refractivity contribution in [2.24, 2.45) is 0 Å². The molecule has 0 spiro atoms. The smallest absolute Gasteiger partial charge is 0.305 e. The second kappa shape index (κ2) is 7.43. The average Bonchev–Trinajstić information content (AvgIpc) is 2.31. The molecule has 19 heavy (non-hydrogen) atoms. The Morgan fingerprint density at radius 1 is 1.37 bits per heavy atom. The highest BCUT2D eigenvalue weighted by atomic mass is 79.9. The zero-order chi connectivity index (χ0) is 14.4. The van der Waals surface area contributed by atoms with Gasteiger partial charge in [-0.2, -0.15) is 0 Å². The summed E-state index contributed by atoms with van der Waals surface area (Å²) in [7, 11) is 0. The average molecular weight is 337 g/mol. The first-order chi connectivity index (χ1) is 8.93. The first-order valence-electron chi connectivity index (χ1n) is 5.90. The molecule has 1 rings (SSSR count). The number of carbonyl (C=O) groups excluding carboxylic acids is 1. The van der Waals surface area contributed by atoms with Gasteiger partial charge >= 0.3 is 5.97 Å². The summed E-state index contributed by atoms with van der Waals surface area (Å²) in [4.78, 5) is 11.1. The third-order valence-electron chi connectivity index (χ3n) is 2.34. The van der Waals surface area contributed by atoms with Crippen molar-refractivity contribution in [2.45, 2.75) is 32.8 Å². The second-order valence-electron chi connectivity index (χ2n) is 3.97. The molecule has 6 heteroatoms. The number of ether oxygens (including phenoxy) is 2. The van der Waals surface area contributed by atoms with Crippen LogP contribution in [0.2, 0.25) is 0 Å². The number of halogens is 3. The Balaban J connectivity index is 2.57. The van der Waals surface area contributed by atoms with Gasteiger partial charge in [0.2, 0.25) is 0 Å². The van der Waals surface area contributed by atoms with E-state index in [2.05, 4.69) is 15.9 Å².